The van der Waals surface area contributed by atoms with E-state index in [1.807, 2.05) is 38.2 Å². The molecule has 0 aliphatic rings. The van der Waals surface area contributed by atoms with Crippen molar-refractivity contribution in [2.24, 2.45) is 7.05 Å². The molecule has 0 radical (unpaired) electrons. The van der Waals surface area contributed by atoms with E-state index in [4.69, 9.17) is 4.74 Å². The Morgan fingerprint density at radius 2 is 2.17 bits per heavy atom. The molecule has 0 fully saturated rings. The monoisotopic (exact) mass is 349 g/mol. The van der Waals surface area contributed by atoms with Crippen molar-refractivity contribution in [2.45, 2.75) is 16.5 Å². The summed E-state index contributed by atoms with van der Waals surface area (Å²) in [6, 6.07) is 7.66. The van der Waals surface area contributed by atoms with E-state index in [1.54, 1.807) is 23.6 Å². The second kappa shape index (κ2) is 6.92. The van der Waals surface area contributed by atoms with Crippen LogP contribution >= 0.6 is 23.1 Å². The van der Waals surface area contributed by atoms with Crippen LogP contribution in [0.4, 0.5) is 10.8 Å². The molecule has 3 aromatic rings. The van der Waals surface area contributed by atoms with E-state index in [0.29, 0.717) is 0 Å². The number of ether oxygens (including phenoxy) is 1. The van der Waals surface area contributed by atoms with Crippen LogP contribution in [0, 0.1) is 0 Å². The Morgan fingerprint density at radius 3 is 2.91 bits per heavy atom. The quantitative estimate of drug-likeness (QED) is 0.679. The van der Waals surface area contributed by atoms with Crippen molar-refractivity contribution in [1.82, 2.24) is 30.4 Å². The van der Waals surface area contributed by atoms with Crippen LogP contribution in [0.1, 0.15) is 18.0 Å². The topological polar surface area (TPSA) is 90.6 Å². The van der Waals surface area contributed by atoms with Crippen LogP contribution in [-0.2, 0) is 7.05 Å². The van der Waals surface area contributed by atoms with Gasteiger partial charge in [0.05, 0.1) is 12.4 Å². The lowest BCUT2D eigenvalue weighted by molar-refractivity contribution is 0.415. The molecular weight excluding hydrogens is 334 g/mol. The number of thioether (sulfide) groups is 1. The molecule has 10 heteroatoms. The van der Waals surface area contributed by atoms with Crippen molar-refractivity contribution in [2.75, 3.05) is 12.4 Å². The third-order valence-corrected chi connectivity index (χ3v) is 5.04. The maximum atomic E-state index is 5.21. The molecule has 1 atom stereocenters. The zero-order chi connectivity index (χ0) is 16.2. The average Bonchev–Trinajstić information content (AvgIpc) is 3.16. The number of benzene rings is 1. The number of aromatic nitrogens is 6. The minimum atomic E-state index is 0.0904. The van der Waals surface area contributed by atoms with Gasteiger partial charge in [0.25, 0.3) is 0 Å². The van der Waals surface area contributed by atoms with Gasteiger partial charge < -0.3 is 10.1 Å². The smallest absolute Gasteiger partial charge is 0.210 e. The molecule has 23 heavy (non-hydrogen) atoms. The number of tetrazole rings is 1. The van der Waals surface area contributed by atoms with Gasteiger partial charge in [0.15, 0.2) is 10.2 Å². The summed E-state index contributed by atoms with van der Waals surface area (Å²) in [5.41, 5.74) is 0.905. The van der Waals surface area contributed by atoms with Gasteiger partial charge in [-0.05, 0) is 29.5 Å². The van der Waals surface area contributed by atoms with Gasteiger partial charge in [-0.1, -0.05) is 29.2 Å². The van der Waals surface area contributed by atoms with Gasteiger partial charge in [-0.2, -0.15) is 0 Å². The maximum absolute atomic E-state index is 5.21. The molecule has 0 saturated heterocycles. The molecule has 1 N–H and O–H groups in total. The molecule has 120 valence electrons. The summed E-state index contributed by atoms with van der Waals surface area (Å²) in [4.78, 5) is 0. The van der Waals surface area contributed by atoms with Crippen LogP contribution in [0.3, 0.4) is 0 Å². The van der Waals surface area contributed by atoms with E-state index in [0.717, 1.165) is 26.7 Å². The van der Waals surface area contributed by atoms with Crippen LogP contribution in [0.15, 0.2) is 28.6 Å². The molecule has 0 aliphatic carbocycles. The lowest BCUT2D eigenvalue weighted by Crippen LogP contribution is -2.01. The number of hydrogen-bond donors (Lipinski definition) is 1. The summed E-state index contributed by atoms with van der Waals surface area (Å²) in [7, 11) is 3.46. The fourth-order valence-corrected chi connectivity index (χ4v) is 3.97. The number of nitrogens with zero attached hydrogens (tertiary/aromatic N) is 6. The second-order valence-electron chi connectivity index (χ2n) is 4.65. The fourth-order valence-electron chi connectivity index (χ4n) is 1.92. The summed E-state index contributed by atoms with van der Waals surface area (Å²) < 4.78 is 7.72. The highest BCUT2D eigenvalue weighted by Crippen LogP contribution is 2.36. The number of hydrogen-bond acceptors (Lipinski definition) is 9. The summed E-state index contributed by atoms with van der Waals surface area (Å²) >= 11 is 3.05. The van der Waals surface area contributed by atoms with Crippen molar-refractivity contribution >= 4 is 33.9 Å². The largest absolute Gasteiger partial charge is 0.497 e. The summed E-state index contributed by atoms with van der Waals surface area (Å²) in [6.45, 7) is 2.03. The van der Waals surface area contributed by atoms with Gasteiger partial charge in [-0.3, -0.25) is 0 Å². The molecule has 0 bridgehead atoms. The van der Waals surface area contributed by atoms with E-state index in [-0.39, 0.29) is 5.25 Å². The number of rotatable bonds is 6. The number of nitrogens with one attached hydrogen (secondary N) is 1. The number of anilines is 2. The van der Waals surface area contributed by atoms with Crippen LogP contribution < -0.4 is 10.1 Å². The van der Waals surface area contributed by atoms with E-state index in [9.17, 15) is 0 Å². The van der Waals surface area contributed by atoms with Gasteiger partial charge in [0.2, 0.25) is 5.13 Å². The van der Waals surface area contributed by atoms with Crippen LogP contribution in [0.2, 0.25) is 0 Å². The maximum Gasteiger partial charge on any atom is 0.210 e. The highest BCUT2D eigenvalue weighted by molar-refractivity contribution is 8.01. The Bertz CT molecular complexity index is 788. The first-order valence-corrected chi connectivity index (χ1v) is 8.49. The SMILES string of the molecule is COc1cccc(Nc2nnc(S[C@@H](C)c3nnnn3C)s2)c1. The number of aryl methyl sites for hydroxylation is 1. The summed E-state index contributed by atoms with van der Waals surface area (Å²) in [6.07, 6.45) is 0. The van der Waals surface area contributed by atoms with E-state index in [1.165, 1.54) is 11.3 Å². The van der Waals surface area contributed by atoms with Crippen molar-refractivity contribution in [3.63, 3.8) is 0 Å². The van der Waals surface area contributed by atoms with E-state index in [2.05, 4.69) is 31.0 Å². The van der Waals surface area contributed by atoms with Crippen molar-refractivity contribution in [3.8, 4) is 5.75 Å². The predicted octanol–water partition coefficient (Wildman–Crippen LogP) is 2.67. The summed E-state index contributed by atoms with van der Waals surface area (Å²) in [5, 5.41) is 23.9. The fraction of sp³-hybridized carbons (Fsp3) is 0.308. The Kier molecular flexibility index (Phi) is 4.72. The molecule has 0 saturated carbocycles. The molecule has 3 rings (SSSR count). The molecule has 2 heterocycles. The summed E-state index contributed by atoms with van der Waals surface area (Å²) in [5.74, 6) is 1.59. The molecular formula is C13H15N7OS2. The molecule has 0 aliphatic heterocycles. The van der Waals surface area contributed by atoms with Crippen LogP contribution in [-0.4, -0.2) is 37.5 Å². The number of methoxy groups -OCH3 is 1. The van der Waals surface area contributed by atoms with E-state index >= 15 is 0 Å². The molecule has 2 aromatic heterocycles. The Labute approximate surface area is 141 Å². The highest BCUT2D eigenvalue weighted by Gasteiger charge is 2.16. The molecule has 0 amide bonds. The first-order valence-electron chi connectivity index (χ1n) is 6.79. The third kappa shape index (κ3) is 3.77. The van der Waals surface area contributed by atoms with Crippen molar-refractivity contribution in [1.29, 1.82) is 0 Å². The van der Waals surface area contributed by atoms with Crippen molar-refractivity contribution in [3.05, 3.63) is 30.1 Å². The average molecular weight is 349 g/mol. The zero-order valence-electron chi connectivity index (χ0n) is 12.8. The van der Waals surface area contributed by atoms with Gasteiger partial charge in [0, 0.05) is 18.8 Å². The van der Waals surface area contributed by atoms with Gasteiger partial charge in [-0.25, -0.2) is 4.68 Å². The van der Waals surface area contributed by atoms with Crippen LogP contribution in [0.25, 0.3) is 0 Å². The third-order valence-electron chi connectivity index (χ3n) is 3.02. The van der Waals surface area contributed by atoms with Gasteiger partial charge in [-0.15, -0.1) is 15.3 Å². The minimum absolute atomic E-state index is 0.0904. The minimum Gasteiger partial charge on any atom is -0.497 e. The lowest BCUT2D eigenvalue weighted by Gasteiger charge is -2.05. The van der Waals surface area contributed by atoms with Crippen LogP contribution in [0.5, 0.6) is 5.75 Å². The van der Waals surface area contributed by atoms with Crippen molar-refractivity contribution < 1.29 is 4.74 Å². The van der Waals surface area contributed by atoms with Gasteiger partial charge >= 0.3 is 0 Å². The molecule has 0 spiro atoms. The highest BCUT2D eigenvalue weighted by atomic mass is 32.2. The lowest BCUT2D eigenvalue weighted by atomic mass is 10.3. The van der Waals surface area contributed by atoms with E-state index < -0.39 is 0 Å². The first kappa shape index (κ1) is 15.7. The normalized spacial score (nSPS) is 12.1. The zero-order valence-corrected chi connectivity index (χ0v) is 14.4. The molecule has 0 unspecified atom stereocenters. The molecule has 1 aromatic carbocycles. The molecule has 8 nitrogen and oxygen atoms in total. The van der Waals surface area contributed by atoms with Gasteiger partial charge in [0.1, 0.15) is 5.75 Å². The Balaban J connectivity index is 1.67. The Hall–Kier alpha value is -2.20. The standard InChI is InChI=1S/C13H15N7OS2/c1-8(11-15-18-19-20(11)2)22-13-17-16-12(23-13)14-9-5-4-6-10(7-9)21-3/h4-8H,1-3H3,(H,14,16)/t8-/m0/s1. The second-order valence-corrected chi connectivity index (χ2v) is 7.22. The Morgan fingerprint density at radius 1 is 1.30 bits per heavy atom. The predicted molar refractivity (Wildman–Crippen MR) is 89.3 cm³/mol. The first-order chi connectivity index (χ1) is 11.2.